The van der Waals surface area contributed by atoms with Crippen molar-refractivity contribution >= 4 is 10.9 Å². The maximum Gasteiger partial charge on any atom is 0.219 e. The predicted molar refractivity (Wildman–Crippen MR) is 96.8 cm³/mol. The van der Waals surface area contributed by atoms with E-state index in [1.807, 2.05) is 6.07 Å². The zero-order chi connectivity index (χ0) is 16.4. The summed E-state index contributed by atoms with van der Waals surface area (Å²) in [5, 5.41) is 1.26. The highest BCUT2D eigenvalue weighted by molar-refractivity contribution is 5.92. The third-order valence-corrected chi connectivity index (χ3v) is 4.45. The topological polar surface area (TPSA) is 7.76 Å². The maximum absolute atomic E-state index is 2.24. The minimum absolute atomic E-state index is 0.990. The highest BCUT2D eigenvalue weighted by Crippen LogP contribution is 2.26. The van der Waals surface area contributed by atoms with Gasteiger partial charge < -0.3 is 0 Å². The predicted octanol–water partition coefficient (Wildman–Crippen LogP) is 4.09. The number of nitrogens with zero attached hydrogens (tertiary/aromatic N) is 2. The Balaban J connectivity index is 1.92. The van der Waals surface area contributed by atoms with Gasteiger partial charge in [0.25, 0.3) is 0 Å². The van der Waals surface area contributed by atoms with E-state index in [0.29, 0.717) is 0 Å². The van der Waals surface area contributed by atoms with E-state index in [4.69, 9.17) is 0 Å². The molecule has 0 aliphatic heterocycles. The van der Waals surface area contributed by atoms with Gasteiger partial charge in [-0.15, -0.1) is 0 Å². The summed E-state index contributed by atoms with van der Waals surface area (Å²) in [6.07, 6.45) is 6.44. The van der Waals surface area contributed by atoms with Gasteiger partial charge in [0.2, 0.25) is 11.2 Å². The summed E-state index contributed by atoms with van der Waals surface area (Å²) in [5.74, 6) is 0. The van der Waals surface area contributed by atoms with E-state index in [9.17, 15) is 0 Å². The van der Waals surface area contributed by atoms with Gasteiger partial charge in [-0.25, -0.2) is 4.57 Å². The Kier molecular flexibility index (Phi) is 3.80. The zero-order valence-corrected chi connectivity index (χ0v) is 13.8. The van der Waals surface area contributed by atoms with E-state index in [2.05, 4.69) is 101 Å². The van der Waals surface area contributed by atoms with Crippen LogP contribution in [0.4, 0.5) is 0 Å². The van der Waals surface area contributed by atoms with Crippen LogP contribution < -0.4 is 9.13 Å². The van der Waals surface area contributed by atoms with Crippen molar-refractivity contribution in [2.75, 3.05) is 0 Å². The Hall–Kier alpha value is -3.00. The molecular formula is C22H20N2+2. The highest BCUT2D eigenvalue weighted by atomic mass is 15.0. The number of rotatable bonds is 3. The summed E-state index contributed by atoms with van der Waals surface area (Å²) >= 11 is 0. The number of aromatic nitrogens is 2. The van der Waals surface area contributed by atoms with Crippen LogP contribution in [0, 0.1) is 0 Å². The van der Waals surface area contributed by atoms with Gasteiger partial charge in [-0.05, 0) is 18.6 Å². The monoisotopic (exact) mass is 312 g/mol. The number of benzene rings is 2. The van der Waals surface area contributed by atoms with Crippen molar-refractivity contribution in [1.29, 1.82) is 0 Å². The molecule has 0 saturated carbocycles. The normalized spacial score (nSPS) is 10.9. The number of fused-ring (bicyclic) bond motifs is 1. The fourth-order valence-corrected chi connectivity index (χ4v) is 3.14. The zero-order valence-electron chi connectivity index (χ0n) is 13.8. The van der Waals surface area contributed by atoms with Crippen LogP contribution in [0.5, 0.6) is 0 Å². The van der Waals surface area contributed by atoms with Crippen LogP contribution in [0.15, 0.2) is 91.4 Å². The Morgan fingerprint density at radius 2 is 1.42 bits per heavy atom. The number of hydrogen-bond donors (Lipinski definition) is 0. The Labute approximate surface area is 142 Å². The molecule has 0 unspecified atom stereocenters. The molecule has 0 radical (unpaired) electrons. The molecule has 0 amide bonds. The van der Waals surface area contributed by atoms with Crippen molar-refractivity contribution in [3.63, 3.8) is 0 Å². The van der Waals surface area contributed by atoms with Crippen LogP contribution in [-0.2, 0) is 6.54 Å². The molecule has 0 atom stereocenters. The molecule has 0 spiro atoms. The van der Waals surface area contributed by atoms with Gasteiger partial charge in [0.15, 0.2) is 18.6 Å². The van der Waals surface area contributed by atoms with Gasteiger partial charge in [-0.2, -0.15) is 4.57 Å². The van der Waals surface area contributed by atoms with Crippen molar-refractivity contribution in [3.8, 4) is 16.8 Å². The fraction of sp³-hybridized carbons (Fsp3) is 0.0909. The summed E-state index contributed by atoms with van der Waals surface area (Å²) in [6.45, 7) is 3.14. The van der Waals surface area contributed by atoms with Crippen molar-refractivity contribution in [2.24, 2.45) is 0 Å². The maximum atomic E-state index is 2.24. The molecule has 24 heavy (non-hydrogen) atoms. The molecule has 0 aliphatic carbocycles. The van der Waals surface area contributed by atoms with E-state index in [0.717, 1.165) is 6.54 Å². The molecule has 2 aromatic carbocycles. The van der Waals surface area contributed by atoms with Crippen LogP contribution in [0.1, 0.15) is 6.92 Å². The summed E-state index contributed by atoms with van der Waals surface area (Å²) < 4.78 is 4.42. The largest absolute Gasteiger partial charge is 0.219 e. The van der Waals surface area contributed by atoms with Crippen LogP contribution in [-0.4, -0.2) is 0 Å². The lowest BCUT2D eigenvalue weighted by Gasteiger charge is -2.06. The lowest BCUT2D eigenvalue weighted by atomic mass is 10.0. The quantitative estimate of drug-likeness (QED) is 0.503. The molecule has 0 N–H and O–H groups in total. The minimum Gasteiger partial charge on any atom is -0.205 e. The van der Waals surface area contributed by atoms with Crippen molar-refractivity contribution in [3.05, 3.63) is 91.4 Å². The van der Waals surface area contributed by atoms with Crippen LogP contribution in [0.2, 0.25) is 0 Å². The minimum atomic E-state index is 0.990. The van der Waals surface area contributed by atoms with Crippen molar-refractivity contribution in [2.45, 2.75) is 13.5 Å². The standard InChI is InChI=1S/C22H20N2/c1-2-23-15-12-18(13-16-23)20-14-17-24(19-8-4-3-5-9-19)22-11-7-6-10-21(20)22/h3-17H,2H2,1H3/q+2. The van der Waals surface area contributed by atoms with E-state index < -0.39 is 0 Å². The SMILES string of the molecule is CC[n+]1ccc(-c2cc[n+](-c3ccccc3)c3ccccc23)cc1. The Morgan fingerprint density at radius 1 is 0.708 bits per heavy atom. The summed E-state index contributed by atoms with van der Waals surface area (Å²) in [6, 6.07) is 25.7. The summed E-state index contributed by atoms with van der Waals surface area (Å²) in [7, 11) is 0. The molecule has 2 heteroatoms. The molecule has 0 aliphatic rings. The van der Waals surface area contributed by atoms with Crippen LogP contribution in [0.25, 0.3) is 27.7 Å². The second kappa shape index (κ2) is 6.25. The van der Waals surface area contributed by atoms with Gasteiger partial charge >= 0.3 is 0 Å². The summed E-state index contributed by atoms with van der Waals surface area (Å²) in [4.78, 5) is 0. The smallest absolute Gasteiger partial charge is 0.205 e. The van der Waals surface area contributed by atoms with Gasteiger partial charge in [-0.1, -0.05) is 30.3 Å². The van der Waals surface area contributed by atoms with E-state index in [-0.39, 0.29) is 0 Å². The molecule has 2 heterocycles. The second-order valence-electron chi connectivity index (χ2n) is 5.87. The van der Waals surface area contributed by atoms with Gasteiger partial charge in [0.05, 0.1) is 5.39 Å². The highest BCUT2D eigenvalue weighted by Gasteiger charge is 2.15. The molecule has 0 saturated heterocycles. The molecule has 0 bridgehead atoms. The molecule has 2 aromatic heterocycles. The van der Waals surface area contributed by atoms with Gasteiger partial charge in [-0.3, -0.25) is 0 Å². The Bertz CT molecular complexity index is 974. The first-order chi connectivity index (χ1) is 11.9. The lowest BCUT2D eigenvalue weighted by molar-refractivity contribution is -0.693. The lowest BCUT2D eigenvalue weighted by Crippen LogP contribution is -2.31. The fourth-order valence-electron chi connectivity index (χ4n) is 3.14. The number of pyridine rings is 2. The molecule has 116 valence electrons. The molecule has 2 nitrogen and oxygen atoms in total. The van der Waals surface area contributed by atoms with E-state index in [1.165, 1.54) is 27.7 Å². The second-order valence-corrected chi connectivity index (χ2v) is 5.87. The number of aryl methyl sites for hydroxylation is 1. The first-order valence-electron chi connectivity index (χ1n) is 8.35. The molecule has 4 rings (SSSR count). The van der Waals surface area contributed by atoms with Crippen molar-refractivity contribution in [1.82, 2.24) is 0 Å². The third kappa shape index (κ3) is 2.56. The Morgan fingerprint density at radius 3 is 2.17 bits per heavy atom. The average molecular weight is 312 g/mol. The molecular weight excluding hydrogens is 292 g/mol. The number of hydrogen-bond acceptors (Lipinski definition) is 0. The molecule has 4 aromatic rings. The van der Waals surface area contributed by atoms with Gasteiger partial charge in [0.1, 0.15) is 6.54 Å². The average Bonchev–Trinajstić information content (AvgIpc) is 2.68. The first-order valence-corrected chi connectivity index (χ1v) is 8.35. The van der Waals surface area contributed by atoms with Crippen LogP contribution in [0.3, 0.4) is 0 Å². The van der Waals surface area contributed by atoms with E-state index >= 15 is 0 Å². The number of para-hydroxylation sites is 2. The van der Waals surface area contributed by atoms with Gasteiger partial charge in [0, 0.05) is 42.0 Å². The van der Waals surface area contributed by atoms with E-state index in [1.54, 1.807) is 0 Å². The summed E-state index contributed by atoms with van der Waals surface area (Å²) in [5.41, 5.74) is 4.91. The van der Waals surface area contributed by atoms with Crippen molar-refractivity contribution < 1.29 is 9.13 Å². The molecule has 0 fully saturated rings. The van der Waals surface area contributed by atoms with Crippen LogP contribution >= 0.6 is 0 Å². The third-order valence-electron chi connectivity index (χ3n) is 4.45. The first kappa shape index (κ1) is 14.6.